The molecular formula is C9H16O2. The fourth-order valence-corrected chi connectivity index (χ4v) is 2.61. The van der Waals surface area contributed by atoms with Crippen LogP contribution in [0.5, 0.6) is 0 Å². The summed E-state index contributed by atoms with van der Waals surface area (Å²) in [5.74, 6) is 0.692. The van der Waals surface area contributed by atoms with Crippen molar-refractivity contribution in [2.24, 2.45) is 5.92 Å². The van der Waals surface area contributed by atoms with Crippen LogP contribution in [0.25, 0.3) is 0 Å². The molecule has 2 N–H and O–H groups in total. The number of hydrogen-bond acceptors (Lipinski definition) is 2. The Morgan fingerprint density at radius 3 is 2.73 bits per heavy atom. The van der Waals surface area contributed by atoms with Gasteiger partial charge in [0.2, 0.25) is 0 Å². The Morgan fingerprint density at radius 2 is 2.00 bits per heavy atom. The molecule has 2 bridgehead atoms. The zero-order chi connectivity index (χ0) is 7.90. The highest BCUT2D eigenvalue weighted by molar-refractivity contribution is 4.96. The Hall–Kier alpha value is -0.0800. The van der Waals surface area contributed by atoms with Crippen LogP contribution in [0.15, 0.2) is 0 Å². The average molecular weight is 156 g/mol. The Kier molecular flexibility index (Phi) is 1.69. The van der Waals surface area contributed by atoms with E-state index in [0.717, 1.165) is 32.1 Å². The first kappa shape index (κ1) is 7.56. The first-order chi connectivity index (χ1) is 5.21. The molecule has 0 saturated heterocycles. The lowest BCUT2D eigenvalue weighted by Crippen LogP contribution is -2.49. The molecule has 2 nitrogen and oxygen atoms in total. The van der Waals surface area contributed by atoms with Gasteiger partial charge in [0.1, 0.15) is 0 Å². The summed E-state index contributed by atoms with van der Waals surface area (Å²) in [5, 5.41) is 19.5. The van der Waals surface area contributed by atoms with Crippen molar-refractivity contribution in [3.63, 3.8) is 0 Å². The van der Waals surface area contributed by atoms with E-state index in [1.165, 1.54) is 6.42 Å². The van der Waals surface area contributed by atoms with Gasteiger partial charge in [0.25, 0.3) is 0 Å². The molecule has 0 amide bonds. The number of fused-ring (bicyclic) bond motifs is 2. The van der Waals surface area contributed by atoms with E-state index in [0.29, 0.717) is 5.92 Å². The SMILES string of the molecule is OC1CC[C@@H]2CCC[C@]1(O)C2. The first-order valence-electron chi connectivity index (χ1n) is 4.61. The molecule has 2 fully saturated rings. The Bertz CT molecular complexity index is 158. The zero-order valence-electron chi connectivity index (χ0n) is 6.79. The maximum atomic E-state index is 9.92. The molecule has 2 rings (SSSR count). The molecule has 11 heavy (non-hydrogen) atoms. The van der Waals surface area contributed by atoms with Crippen molar-refractivity contribution >= 4 is 0 Å². The number of rotatable bonds is 0. The van der Waals surface area contributed by atoms with Crippen molar-refractivity contribution in [2.75, 3.05) is 0 Å². The maximum absolute atomic E-state index is 9.92. The maximum Gasteiger partial charge on any atom is 0.0908 e. The topological polar surface area (TPSA) is 40.5 Å². The predicted molar refractivity (Wildman–Crippen MR) is 42.1 cm³/mol. The van der Waals surface area contributed by atoms with Crippen LogP contribution >= 0.6 is 0 Å². The summed E-state index contributed by atoms with van der Waals surface area (Å²) in [4.78, 5) is 0. The lowest BCUT2D eigenvalue weighted by Gasteiger charge is -2.44. The fraction of sp³-hybridized carbons (Fsp3) is 1.00. The van der Waals surface area contributed by atoms with Crippen molar-refractivity contribution < 1.29 is 10.2 Å². The smallest absolute Gasteiger partial charge is 0.0908 e. The lowest BCUT2D eigenvalue weighted by molar-refractivity contribution is -0.133. The fourth-order valence-electron chi connectivity index (χ4n) is 2.61. The largest absolute Gasteiger partial charge is 0.390 e. The highest BCUT2D eigenvalue weighted by atomic mass is 16.3. The minimum Gasteiger partial charge on any atom is -0.390 e. The number of aliphatic hydroxyl groups is 2. The molecule has 0 spiro atoms. The van der Waals surface area contributed by atoms with Gasteiger partial charge in [-0.15, -0.1) is 0 Å². The van der Waals surface area contributed by atoms with Crippen molar-refractivity contribution in [3.05, 3.63) is 0 Å². The number of hydrogen-bond donors (Lipinski definition) is 2. The van der Waals surface area contributed by atoms with Gasteiger partial charge in [0.05, 0.1) is 11.7 Å². The van der Waals surface area contributed by atoms with Crippen molar-refractivity contribution in [1.82, 2.24) is 0 Å². The lowest BCUT2D eigenvalue weighted by atomic mass is 9.68. The van der Waals surface area contributed by atoms with E-state index in [-0.39, 0.29) is 0 Å². The minimum atomic E-state index is -0.707. The van der Waals surface area contributed by atoms with E-state index in [1.807, 2.05) is 0 Å². The molecule has 3 atom stereocenters. The van der Waals surface area contributed by atoms with Crippen LogP contribution in [0.2, 0.25) is 0 Å². The van der Waals surface area contributed by atoms with Gasteiger partial charge in [-0.05, 0) is 31.6 Å². The Balaban J connectivity index is 2.13. The molecule has 2 saturated carbocycles. The van der Waals surface area contributed by atoms with Crippen LogP contribution < -0.4 is 0 Å². The van der Waals surface area contributed by atoms with E-state index < -0.39 is 11.7 Å². The second-order valence-corrected chi connectivity index (χ2v) is 4.16. The van der Waals surface area contributed by atoms with Gasteiger partial charge in [0, 0.05) is 0 Å². The molecule has 1 unspecified atom stereocenters. The summed E-state index contributed by atoms with van der Waals surface area (Å²) in [7, 11) is 0. The normalized spacial score (nSPS) is 50.7. The molecular weight excluding hydrogens is 140 g/mol. The molecule has 0 radical (unpaired) electrons. The zero-order valence-corrected chi connectivity index (χ0v) is 6.79. The van der Waals surface area contributed by atoms with E-state index >= 15 is 0 Å². The quantitative estimate of drug-likeness (QED) is 0.550. The molecule has 0 aliphatic heterocycles. The van der Waals surface area contributed by atoms with Crippen molar-refractivity contribution in [1.29, 1.82) is 0 Å². The highest BCUT2D eigenvalue weighted by Gasteiger charge is 2.43. The average Bonchev–Trinajstić information content (AvgIpc) is 1.98. The van der Waals surface area contributed by atoms with Gasteiger partial charge in [-0.3, -0.25) is 0 Å². The van der Waals surface area contributed by atoms with E-state index in [4.69, 9.17) is 0 Å². The number of aliphatic hydroxyl groups excluding tert-OH is 1. The summed E-state index contributed by atoms with van der Waals surface area (Å²) in [6.45, 7) is 0. The molecule has 2 aliphatic carbocycles. The summed E-state index contributed by atoms with van der Waals surface area (Å²) >= 11 is 0. The molecule has 0 aromatic carbocycles. The predicted octanol–water partition coefficient (Wildman–Crippen LogP) is 1.06. The first-order valence-corrected chi connectivity index (χ1v) is 4.61. The summed E-state index contributed by atoms with van der Waals surface area (Å²) in [6, 6.07) is 0. The summed E-state index contributed by atoms with van der Waals surface area (Å²) < 4.78 is 0. The molecule has 0 aromatic heterocycles. The van der Waals surface area contributed by atoms with Gasteiger partial charge in [0.15, 0.2) is 0 Å². The van der Waals surface area contributed by atoms with Gasteiger partial charge in [-0.2, -0.15) is 0 Å². The summed E-state index contributed by atoms with van der Waals surface area (Å²) in [6.07, 6.45) is 5.48. The van der Waals surface area contributed by atoms with Crippen LogP contribution in [0, 0.1) is 5.92 Å². The van der Waals surface area contributed by atoms with Gasteiger partial charge >= 0.3 is 0 Å². The van der Waals surface area contributed by atoms with Crippen LogP contribution in [0.4, 0.5) is 0 Å². The molecule has 64 valence electrons. The molecule has 0 heterocycles. The van der Waals surface area contributed by atoms with E-state index in [2.05, 4.69) is 0 Å². The minimum absolute atomic E-state index is 0.445. The third kappa shape index (κ3) is 1.18. The van der Waals surface area contributed by atoms with Crippen LogP contribution in [0.3, 0.4) is 0 Å². The Morgan fingerprint density at radius 1 is 1.18 bits per heavy atom. The molecule has 0 aromatic rings. The van der Waals surface area contributed by atoms with Crippen molar-refractivity contribution in [3.8, 4) is 0 Å². The summed E-state index contributed by atoms with van der Waals surface area (Å²) in [5.41, 5.74) is -0.707. The van der Waals surface area contributed by atoms with Gasteiger partial charge in [-0.1, -0.05) is 12.8 Å². The Labute approximate surface area is 67.2 Å². The monoisotopic (exact) mass is 156 g/mol. The molecule has 2 aliphatic rings. The van der Waals surface area contributed by atoms with Crippen LogP contribution in [-0.2, 0) is 0 Å². The van der Waals surface area contributed by atoms with Gasteiger partial charge in [-0.25, -0.2) is 0 Å². The van der Waals surface area contributed by atoms with Crippen LogP contribution in [0.1, 0.15) is 38.5 Å². The third-order valence-electron chi connectivity index (χ3n) is 3.33. The second kappa shape index (κ2) is 2.46. The van der Waals surface area contributed by atoms with E-state index in [9.17, 15) is 10.2 Å². The van der Waals surface area contributed by atoms with Gasteiger partial charge < -0.3 is 10.2 Å². The van der Waals surface area contributed by atoms with E-state index in [1.54, 1.807) is 0 Å². The van der Waals surface area contributed by atoms with Crippen molar-refractivity contribution in [2.45, 2.75) is 50.2 Å². The third-order valence-corrected chi connectivity index (χ3v) is 3.33. The second-order valence-electron chi connectivity index (χ2n) is 4.16. The molecule has 2 heteroatoms. The highest BCUT2D eigenvalue weighted by Crippen LogP contribution is 2.42. The van der Waals surface area contributed by atoms with Crippen LogP contribution in [-0.4, -0.2) is 21.9 Å². The standard InChI is InChI=1S/C9H16O2/c10-8-4-3-7-2-1-5-9(8,11)6-7/h7-8,10-11H,1-6H2/t7-,8?,9-/m0/s1.